The van der Waals surface area contributed by atoms with E-state index in [1.807, 2.05) is 73.7 Å². The number of ketones is 6. The fraction of sp³-hybridized carbons (Fsp3) is 0.344. The highest BCUT2D eigenvalue weighted by molar-refractivity contribution is 6.49. The van der Waals surface area contributed by atoms with E-state index in [2.05, 4.69) is 50.0 Å². The number of carbonyl (C=O) groups excluding carboxylic acids is 6. The van der Waals surface area contributed by atoms with Crippen molar-refractivity contribution in [2.75, 3.05) is 40.8 Å². The van der Waals surface area contributed by atoms with E-state index in [9.17, 15) is 28.8 Å². The molecule has 0 radical (unpaired) electrons. The largest absolute Gasteiger partial charge is 0.436 e. The quantitative estimate of drug-likeness (QED) is 0.167. The Balaban J connectivity index is 0.000000183. The third-order valence-electron chi connectivity index (χ3n) is 14.8. The molecule has 0 aromatic heterocycles. The van der Waals surface area contributed by atoms with E-state index >= 15 is 0 Å². The topological polar surface area (TPSA) is 205 Å². The molecule has 0 amide bonds. The van der Waals surface area contributed by atoms with Crippen LogP contribution in [0.3, 0.4) is 0 Å². The van der Waals surface area contributed by atoms with Crippen LogP contribution in [0.4, 0.5) is 0 Å². The molecular formula is C64H67Cl4N9O8. The molecule has 0 fully saturated rings. The summed E-state index contributed by atoms with van der Waals surface area (Å²) >= 11 is 25.5. The molecular weight excluding hydrogens is 1160 g/mol. The van der Waals surface area contributed by atoms with Crippen molar-refractivity contribution in [2.45, 2.75) is 93.4 Å². The van der Waals surface area contributed by atoms with E-state index in [4.69, 9.17) is 55.9 Å². The molecule has 0 spiro atoms. The highest BCUT2D eigenvalue weighted by Gasteiger charge is 2.30. The molecule has 6 heterocycles. The minimum atomic E-state index is -0.162. The van der Waals surface area contributed by atoms with Crippen LogP contribution in [0.5, 0.6) is 11.5 Å². The number of carbonyl (C=O) groups is 6. The third-order valence-corrected chi connectivity index (χ3v) is 15.9. The number of aliphatic imine (C=N–C) groups is 3. The van der Waals surface area contributed by atoms with Gasteiger partial charge in [-0.15, -0.1) is 0 Å². The second-order valence-electron chi connectivity index (χ2n) is 21.2. The van der Waals surface area contributed by atoms with Gasteiger partial charge in [0, 0.05) is 95.9 Å². The van der Waals surface area contributed by atoms with Crippen LogP contribution in [-0.4, -0.2) is 125 Å². The third kappa shape index (κ3) is 15.4. The molecule has 0 N–H and O–H groups in total. The van der Waals surface area contributed by atoms with Gasteiger partial charge in [0.2, 0.25) is 11.8 Å². The van der Waals surface area contributed by atoms with Crippen LogP contribution in [0.1, 0.15) is 107 Å². The van der Waals surface area contributed by atoms with Gasteiger partial charge in [0.15, 0.2) is 46.2 Å². The molecule has 0 aliphatic carbocycles. The van der Waals surface area contributed by atoms with Gasteiger partial charge in [-0.1, -0.05) is 101 Å². The summed E-state index contributed by atoms with van der Waals surface area (Å²) in [7, 11) is 5.25. The first-order valence-electron chi connectivity index (χ1n) is 27.6. The summed E-state index contributed by atoms with van der Waals surface area (Å²) in [6, 6.07) is 10.3. The van der Waals surface area contributed by atoms with Crippen LogP contribution < -0.4 is 9.47 Å². The normalized spacial score (nSPS) is 17.5. The second-order valence-corrected chi connectivity index (χ2v) is 22.8. The molecule has 0 saturated heterocycles. The summed E-state index contributed by atoms with van der Waals surface area (Å²) in [6.07, 6.45) is 8.82. The number of hydrogen-bond donors (Lipinski definition) is 0. The van der Waals surface area contributed by atoms with E-state index < -0.39 is 0 Å². The summed E-state index contributed by atoms with van der Waals surface area (Å²) < 4.78 is 11.6. The summed E-state index contributed by atoms with van der Waals surface area (Å²) in [6.45, 7) is 25.9. The maximum atomic E-state index is 12.4. The number of hydrogen-bond acceptors (Lipinski definition) is 17. The van der Waals surface area contributed by atoms with Crippen LogP contribution in [0.2, 0.25) is 20.1 Å². The first kappa shape index (κ1) is 64.9. The Morgan fingerprint density at radius 1 is 0.518 bits per heavy atom. The lowest BCUT2D eigenvalue weighted by Crippen LogP contribution is -2.29. The molecule has 21 heteroatoms. The molecule has 0 bridgehead atoms. The van der Waals surface area contributed by atoms with Crippen molar-refractivity contribution < 1.29 is 38.2 Å². The summed E-state index contributed by atoms with van der Waals surface area (Å²) in [5, 5.41) is 18.6. The lowest BCUT2D eigenvalue weighted by atomic mass is 9.89. The van der Waals surface area contributed by atoms with Gasteiger partial charge < -0.3 is 9.47 Å². The maximum absolute atomic E-state index is 12.4. The van der Waals surface area contributed by atoms with Gasteiger partial charge in [-0.25, -0.2) is 9.98 Å². The predicted molar refractivity (Wildman–Crippen MR) is 338 cm³/mol. The molecule has 3 aromatic rings. The van der Waals surface area contributed by atoms with Crippen molar-refractivity contribution in [3.05, 3.63) is 162 Å². The Morgan fingerprint density at radius 2 is 0.894 bits per heavy atom. The lowest BCUT2D eigenvalue weighted by Gasteiger charge is -2.23. The zero-order chi connectivity index (χ0) is 62.3. The van der Waals surface area contributed by atoms with E-state index in [0.29, 0.717) is 64.3 Å². The van der Waals surface area contributed by atoms with Crippen molar-refractivity contribution in [1.82, 2.24) is 15.0 Å². The molecule has 3 aromatic carbocycles. The summed E-state index contributed by atoms with van der Waals surface area (Å²) in [5.74, 6) is 1.10. The van der Waals surface area contributed by atoms with E-state index in [1.54, 1.807) is 65.5 Å². The first-order chi connectivity index (χ1) is 40.2. The fourth-order valence-electron chi connectivity index (χ4n) is 9.71. The number of benzene rings is 3. The van der Waals surface area contributed by atoms with Gasteiger partial charge in [0.1, 0.15) is 36.8 Å². The van der Waals surface area contributed by atoms with Crippen molar-refractivity contribution in [3.8, 4) is 11.5 Å². The van der Waals surface area contributed by atoms with E-state index in [-0.39, 0.29) is 134 Å². The van der Waals surface area contributed by atoms with Crippen molar-refractivity contribution in [2.24, 2.45) is 42.1 Å². The lowest BCUT2D eigenvalue weighted by molar-refractivity contribution is -0.115. The second kappa shape index (κ2) is 28.0. The molecule has 17 nitrogen and oxygen atoms in total. The van der Waals surface area contributed by atoms with Gasteiger partial charge >= 0.3 is 0 Å². The zero-order valence-electron chi connectivity index (χ0n) is 49.3. The van der Waals surface area contributed by atoms with Crippen molar-refractivity contribution in [3.63, 3.8) is 0 Å². The Kier molecular flexibility index (Phi) is 21.4. The number of Topliss-reactive ketones (excluding diaryl/α,β-unsaturated/α-hetero) is 6. The number of hydrazone groups is 3. The Labute approximate surface area is 515 Å². The van der Waals surface area contributed by atoms with Gasteiger partial charge in [-0.2, -0.15) is 15.3 Å². The first-order valence-corrected chi connectivity index (χ1v) is 29.1. The zero-order valence-corrected chi connectivity index (χ0v) is 52.4. The summed E-state index contributed by atoms with van der Waals surface area (Å²) in [5.41, 5.74) is 11.3. The maximum Gasteiger partial charge on any atom is 0.215 e. The molecule has 85 heavy (non-hydrogen) atoms. The van der Waals surface area contributed by atoms with E-state index in [1.165, 1.54) is 5.56 Å². The number of ether oxygens (including phenoxy) is 2. The number of halogens is 4. The average Bonchev–Trinajstić information content (AvgIpc) is 3.39. The van der Waals surface area contributed by atoms with Crippen molar-refractivity contribution >= 4 is 116 Å². The van der Waals surface area contributed by atoms with Gasteiger partial charge in [-0.3, -0.25) is 48.8 Å². The van der Waals surface area contributed by atoms with Gasteiger partial charge in [0.05, 0.1) is 39.4 Å². The molecule has 6 aliphatic heterocycles. The Morgan fingerprint density at radius 3 is 1.29 bits per heavy atom. The number of rotatable bonds is 12. The Hall–Kier alpha value is -7.70. The number of allylic oxidation sites excluding steroid dienone is 4. The standard InChI is InChI=1S/C23H27N3O2.C22H23Cl2N3O3.C19H17Cl2N3O3/c1-13(2)19-10-18(24-12-22(19)28)11-20-14(3)7-17(8-15(20)4)23-21(27)9-16(5)26(6)25-23;1-5-13(6-2)15-10-20(25-11-19(15)29)30-22-16(23)8-14(9-17(22)24)21-18(28)7-12(3)27(4)26-21;1-4-11-8-17(22-9-16(11)26)27-19-13(20)6-12(7-14(19)21)18-15(25)5-10(2)24(3)23-18/h7-8,10,13H,5,9,11-12H2,1-4,6H3;8-10,13H,3,5-7,11H2,1-2,4H3;6-8H,2,4-5,9H2,1,3H3. The SMILES string of the molecule is C=C1CC(=O)C(c2cc(C)c(CC3=NCC(=O)C(C(C)C)=C3)c(C)c2)=NN1C.C=C1CC(=O)C(c2cc(Cl)c(OC3=NCC(=O)C(C(CC)CC)=C3)c(Cl)c2)=NN1C.C=C1CC(=O)C(c2cc(Cl)c(OC3=NCC(=O)C(CC)=C3)c(Cl)c2)=NN1C. The minimum absolute atomic E-state index is 0.00289. The fourth-order valence-corrected chi connectivity index (χ4v) is 10.8. The molecule has 444 valence electrons. The average molecular weight is 1230 g/mol. The monoisotopic (exact) mass is 1230 g/mol. The van der Waals surface area contributed by atoms with Gasteiger partial charge in [0.25, 0.3) is 0 Å². The smallest absolute Gasteiger partial charge is 0.215 e. The van der Waals surface area contributed by atoms with Crippen LogP contribution in [0.15, 0.2) is 138 Å². The molecule has 0 unspecified atom stereocenters. The number of aryl methyl sites for hydroxylation is 2. The molecule has 0 saturated carbocycles. The predicted octanol–water partition coefficient (Wildman–Crippen LogP) is 12.2. The molecule has 9 rings (SSSR count). The van der Waals surface area contributed by atoms with Crippen molar-refractivity contribution in [1.29, 1.82) is 0 Å². The van der Waals surface area contributed by atoms with E-state index in [0.717, 1.165) is 40.8 Å². The van der Waals surface area contributed by atoms with Gasteiger partial charge in [-0.05, 0) is 104 Å². The highest BCUT2D eigenvalue weighted by Crippen LogP contribution is 2.38. The molecule has 6 aliphatic rings. The summed E-state index contributed by atoms with van der Waals surface area (Å²) in [4.78, 5) is 85.8. The highest BCUT2D eigenvalue weighted by atomic mass is 35.5. The van der Waals surface area contributed by atoms with Crippen LogP contribution in [0.25, 0.3) is 0 Å². The van der Waals surface area contributed by atoms with Crippen LogP contribution in [0, 0.1) is 25.7 Å². The van der Waals surface area contributed by atoms with Crippen LogP contribution in [-0.2, 0) is 35.2 Å². The number of nitrogens with zero attached hydrogens (tertiary/aromatic N) is 9. The Bertz CT molecular complexity index is 3600. The molecule has 0 atom stereocenters. The number of dihydropyridines is 3. The van der Waals surface area contributed by atoms with Crippen LogP contribution >= 0.6 is 46.4 Å². The minimum Gasteiger partial charge on any atom is -0.436 e.